The Morgan fingerprint density at radius 2 is 1.88 bits per heavy atom. The van der Waals surface area contributed by atoms with Gasteiger partial charge in [-0.2, -0.15) is 0 Å². The number of anilines is 4. The average Bonchev–Trinajstić information content (AvgIpc) is 3.81. The zero-order chi connectivity index (χ0) is 28.4. The fourth-order valence-corrected chi connectivity index (χ4v) is 6.96. The molecular formula is C30H35ClF2N6O2. The lowest BCUT2D eigenvalue weighted by Crippen LogP contribution is -2.45. The Kier molecular flexibility index (Phi) is 6.54. The number of aryl methyl sites for hydroxylation is 1. The molecule has 0 radical (unpaired) electrons. The van der Waals surface area contributed by atoms with E-state index < -0.39 is 24.1 Å². The molecule has 4 aliphatic rings. The third-order valence-corrected chi connectivity index (χ3v) is 9.84. The third-order valence-electron chi connectivity index (χ3n) is 9.54. The Bertz CT molecular complexity index is 1540. The van der Waals surface area contributed by atoms with E-state index in [1.807, 2.05) is 24.3 Å². The van der Waals surface area contributed by atoms with Crippen molar-refractivity contribution in [3.8, 4) is 5.75 Å². The van der Waals surface area contributed by atoms with Crippen molar-refractivity contribution in [1.29, 1.82) is 0 Å². The Balaban J connectivity index is 1.19. The monoisotopic (exact) mass is 584 g/mol. The number of piperidine rings is 2. The lowest BCUT2D eigenvalue weighted by molar-refractivity contribution is -0.0579. The van der Waals surface area contributed by atoms with Crippen LogP contribution in [0.25, 0.3) is 10.9 Å². The number of benzene rings is 1. The van der Waals surface area contributed by atoms with E-state index in [9.17, 15) is 13.6 Å². The largest absolute Gasteiger partial charge is 0.480 e. The van der Waals surface area contributed by atoms with Crippen LogP contribution in [0.2, 0.25) is 5.02 Å². The lowest BCUT2D eigenvalue weighted by atomic mass is 9.71. The number of halogens is 3. The van der Waals surface area contributed by atoms with Gasteiger partial charge in [0, 0.05) is 37.3 Å². The number of alkyl halides is 2. The molecule has 8 nitrogen and oxygen atoms in total. The summed E-state index contributed by atoms with van der Waals surface area (Å²) < 4.78 is 36.9. The molecule has 1 saturated carbocycles. The van der Waals surface area contributed by atoms with Crippen molar-refractivity contribution in [3.63, 3.8) is 0 Å². The molecule has 41 heavy (non-hydrogen) atoms. The summed E-state index contributed by atoms with van der Waals surface area (Å²) >= 11 is 6.58. The number of rotatable bonds is 4. The number of pyridine rings is 2. The van der Waals surface area contributed by atoms with Gasteiger partial charge in [0.15, 0.2) is 6.61 Å². The van der Waals surface area contributed by atoms with Crippen LogP contribution in [-0.2, 0) is 7.05 Å². The fraction of sp³-hybridized carbons (Fsp3) is 0.533. The molecule has 1 unspecified atom stereocenters. The predicted molar refractivity (Wildman–Crippen MR) is 158 cm³/mol. The highest BCUT2D eigenvalue weighted by molar-refractivity contribution is 6.33. The first-order valence-electron chi connectivity index (χ1n) is 14.6. The van der Waals surface area contributed by atoms with Crippen molar-refractivity contribution in [2.24, 2.45) is 18.4 Å². The van der Waals surface area contributed by atoms with Crippen molar-refractivity contribution >= 4 is 45.4 Å². The first kappa shape index (κ1) is 26.8. The molecule has 0 bridgehead atoms. The Hall–Kier alpha value is -3.11. The summed E-state index contributed by atoms with van der Waals surface area (Å²) in [5.41, 5.74) is 2.37. The molecule has 1 aliphatic carbocycles. The van der Waals surface area contributed by atoms with E-state index in [-0.39, 0.29) is 11.7 Å². The average molecular weight is 585 g/mol. The minimum atomic E-state index is -3.09. The smallest absolute Gasteiger partial charge is 0.301 e. The van der Waals surface area contributed by atoms with E-state index in [0.29, 0.717) is 38.4 Å². The summed E-state index contributed by atoms with van der Waals surface area (Å²) in [6, 6.07) is 6.42. The van der Waals surface area contributed by atoms with E-state index in [2.05, 4.69) is 25.8 Å². The van der Waals surface area contributed by atoms with Crippen molar-refractivity contribution in [3.05, 3.63) is 45.8 Å². The number of ether oxygens (including phenoxy) is 1. The predicted octanol–water partition coefficient (Wildman–Crippen LogP) is 5.52. The van der Waals surface area contributed by atoms with Crippen molar-refractivity contribution < 1.29 is 13.5 Å². The van der Waals surface area contributed by atoms with Crippen LogP contribution in [-0.4, -0.2) is 54.3 Å². The maximum Gasteiger partial charge on any atom is 0.301 e. The Morgan fingerprint density at radius 3 is 2.61 bits per heavy atom. The summed E-state index contributed by atoms with van der Waals surface area (Å²) in [4.78, 5) is 20.0. The van der Waals surface area contributed by atoms with Crippen molar-refractivity contribution in [2.45, 2.75) is 50.5 Å². The molecule has 3 aromatic rings. The van der Waals surface area contributed by atoms with Gasteiger partial charge in [-0.25, -0.2) is 13.8 Å². The maximum atomic E-state index is 15.0. The second-order valence-electron chi connectivity index (χ2n) is 12.2. The quantitative estimate of drug-likeness (QED) is 0.372. The Labute approximate surface area is 242 Å². The van der Waals surface area contributed by atoms with E-state index in [1.165, 1.54) is 17.4 Å². The topological polar surface area (TPSA) is 83.5 Å². The SMILES string of the molecule is Cn1c(=O)c2c(c3cc(Nc4cc(N5CCC6(CCNCC6)CC5)ncc4Cl)ccc31)NC(C1CC1)C(F)(F)CO2. The summed E-state index contributed by atoms with van der Waals surface area (Å²) in [6.45, 7) is 3.30. The molecule has 1 aromatic carbocycles. The van der Waals surface area contributed by atoms with Gasteiger partial charge >= 0.3 is 5.92 Å². The molecule has 3 N–H and O–H groups in total. The molecule has 11 heteroatoms. The lowest BCUT2D eigenvalue weighted by Gasteiger charge is -2.44. The highest BCUT2D eigenvalue weighted by Crippen LogP contribution is 2.46. The molecule has 2 saturated heterocycles. The number of hydrogen-bond donors (Lipinski definition) is 3. The normalized spacial score (nSPS) is 23.4. The molecule has 2 aromatic heterocycles. The van der Waals surface area contributed by atoms with Gasteiger partial charge < -0.3 is 30.2 Å². The number of fused-ring (bicyclic) bond motifs is 3. The van der Waals surface area contributed by atoms with E-state index >= 15 is 0 Å². The second-order valence-corrected chi connectivity index (χ2v) is 12.6. The van der Waals surface area contributed by atoms with Crippen LogP contribution in [0.3, 0.4) is 0 Å². The number of nitrogens with zero attached hydrogens (tertiary/aromatic N) is 3. The van der Waals surface area contributed by atoms with E-state index in [1.54, 1.807) is 13.2 Å². The van der Waals surface area contributed by atoms with Crippen LogP contribution in [0.5, 0.6) is 5.75 Å². The van der Waals surface area contributed by atoms with Crippen LogP contribution in [0, 0.1) is 11.3 Å². The van der Waals surface area contributed by atoms with Gasteiger partial charge in [0.05, 0.1) is 34.2 Å². The van der Waals surface area contributed by atoms with Crippen LogP contribution >= 0.6 is 11.6 Å². The minimum absolute atomic E-state index is 0.0687. The Morgan fingerprint density at radius 1 is 1.12 bits per heavy atom. The molecule has 5 heterocycles. The highest BCUT2D eigenvalue weighted by Gasteiger charge is 2.51. The van der Waals surface area contributed by atoms with Gasteiger partial charge in [0.1, 0.15) is 5.82 Å². The summed E-state index contributed by atoms with van der Waals surface area (Å²) in [6.07, 6.45) is 7.92. The standard InChI is InChI=1S/C30H35ClF2N6O2/c1-38-23-5-4-19(14-20(23)25-26(28(38)40)41-17-30(32,33)27(37-25)18-2-3-18)36-22-15-24(35-16-21(22)31)39-12-8-29(9-13-39)6-10-34-11-7-29/h4-5,14-16,18,27,34,37H,2-3,6-13,17H2,1H3,(H,35,36). The van der Waals surface area contributed by atoms with Gasteiger partial charge in [-0.3, -0.25) is 4.79 Å². The van der Waals surface area contributed by atoms with Crippen LogP contribution in [0.15, 0.2) is 35.3 Å². The number of aromatic nitrogens is 2. The molecule has 3 aliphatic heterocycles. The van der Waals surface area contributed by atoms with Crippen molar-refractivity contribution in [2.75, 3.05) is 48.3 Å². The molecule has 218 valence electrons. The molecule has 7 rings (SSSR count). The van der Waals surface area contributed by atoms with Gasteiger partial charge in [-0.15, -0.1) is 0 Å². The number of hydrogen-bond acceptors (Lipinski definition) is 7. The molecular weight excluding hydrogens is 550 g/mol. The zero-order valence-corrected chi connectivity index (χ0v) is 23.9. The van der Waals surface area contributed by atoms with Crippen molar-refractivity contribution in [1.82, 2.24) is 14.9 Å². The van der Waals surface area contributed by atoms with Crippen LogP contribution < -0.4 is 31.1 Å². The van der Waals surface area contributed by atoms with E-state index in [4.69, 9.17) is 16.3 Å². The van der Waals surface area contributed by atoms with Crippen LogP contribution in [0.1, 0.15) is 38.5 Å². The summed E-state index contributed by atoms with van der Waals surface area (Å²) in [5, 5.41) is 11.0. The molecule has 1 atom stereocenters. The summed E-state index contributed by atoms with van der Waals surface area (Å²) in [7, 11) is 1.63. The molecule has 1 spiro atoms. The van der Waals surface area contributed by atoms with Gasteiger partial charge in [0.2, 0.25) is 5.75 Å². The highest BCUT2D eigenvalue weighted by atomic mass is 35.5. The van der Waals surface area contributed by atoms with Gasteiger partial charge in [-0.1, -0.05) is 11.6 Å². The first-order chi connectivity index (χ1) is 19.7. The maximum absolute atomic E-state index is 15.0. The third kappa shape index (κ3) is 4.88. The zero-order valence-electron chi connectivity index (χ0n) is 23.1. The molecule has 3 fully saturated rings. The number of nitrogens with one attached hydrogen (secondary N) is 3. The van der Waals surface area contributed by atoms with Gasteiger partial charge in [-0.05, 0) is 81.1 Å². The second kappa shape index (κ2) is 10.0. The molecule has 0 amide bonds. The van der Waals surface area contributed by atoms with E-state index in [0.717, 1.165) is 57.7 Å². The summed E-state index contributed by atoms with van der Waals surface area (Å²) in [5.74, 6) is -2.42. The van der Waals surface area contributed by atoms with Crippen LogP contribution in [0.4, 0.5) is 31.7 Å². The van der Waals surface area contributed by atoms with Gasteiger partial charge in [0.25, 0.3) is 5.56 Å². The minimum Gasteiger partial charge on any atom is -0.480 e. The first-order valence-corrected chi connectivity index (χ1v) is 14.9. The fourth-order valence-electron chi connectivity index (χ4n) is 6.81.